The van der Waals surface area contributed by atoms with Crippen LogP contribution in [0.15, 0.2) is 73.2 Å². The number of carbonyl (C=O) groups is 1. The molecule has 1 N–H and O–H groups in total. The van der Waals surface area contributed by atoms with Gasteiger partial charge in [0.15, 0.2) is 0 Å². The fraction of sp³-hybridized carbons (Fsp3) is 0.290. The summed E-state index contributed by atoms with van der Waals surface area (Å²) in [6.45, 7) is 6.22. The number of hydrogen-bond donors (Lipinski definition) is 1. The van der Waals surface area contributed by atoms with E-state index in [0.29, 0.717) is 34.2 Å². The third kappa shape index (κ3) is 6.65. The lowest BCUT2D eigenvalue weighted by molar-refractivity contribution is 0.0949. The summed E-state index contributed by atoms with van der Waals surface area (Å²) in [4.78, 5) is 17.4. The topological polar surface area (TPSA) is 56.1 Å². The summed E-state index contributed by atoms with van der Waals surface area (Å²) in [5.74, 6) is -0.581. The number of rotatable bonds is 11. The molecule has 0 atom stereocenters. The first-order valence-electron chi connectivity index (χ1n) is 13.0. The molecule has 0 radical (unpaired) electrons. The third-order valence-electron chi connectivity index (χ3n) is 6.54. The average Bonchev–Trinajstić information content (AvgIpc) is 3.38. The molecule has 0 spiro atoms. The van der Waals surface area contributed by atoms with Gasteiger partial charge in [-0.05, 0) is 61.7 Å². The molecule has 4 aromatic rings. The van der Waals surface area contributed by atoms with Crippen LogP contribution in [-0.4, -0.2) is 15.5 Å². The van der Waals surface area contributed by atoms with Crippen molar-refractivity contribution in [2.45, 2.75) is 59.0 Å². The van der Waals surface area contributed by atoms with Crippen LogP contribution in [0.2, 0.25) is 0 Å². The van der Waals surface area contributed by atoms with Crippen LogP contribution in [0.1, 0.15) is 67.1 Å². The quantitative estimate of drug-likeness (QED) is 0.219. The van der Waals surface area contributed by atoms with E-state index in [4.69, 9.17) is 4.74 Å². The summed E-state index contributed by atoms with van der Waals surface area (Å²) in [6, 6.07) is 14.6. The first-order valence-corrected chi connectivity index (χ1v) is 13.0. The highest BCUT2D eigenvalue weighted by atomic mass is 19.1. The summed E-state index contributed by atoms with van der Waals surface area (Å²) in [5.41, 5.74) is 3.24. The fourth-order valence-electron chi connectivity index (χ4n) is 4.62. The van der Waals surface area contributed by atoms with E-state index in [9.17, 15) is 13.6 Å². The maximum Gasteiger partial charge on any atom is 0.251 e. The van der Waals surface area contributed by atoms with Crippen molar-refractivity contribution < 1.29 is 18.3 Å². The van der Waals surface area contributed by atoms with Gasteiger partial charge in [-0.1, -0.05) is 32.8 Å². The molecule has 0 bridgehead atoms. The molecular weight excluding hydrogens is 484 g/mol. The zero-order valence-corrected chi connectivity index (χ0v) is 22.0. The van der Waals surface area contributed by atoms with E-state index < -0.39 is 11.6 Å². The minimum Gasteiger partial charge on any atom is -0.457 e. The van der Waals surface area contributed by atoms with E-state index in [-0.39, 0.29) is 12.5 Å². The number of ether oxygens (including phenoxy) is 1. The Balaban J connectivity index is 1.48. The van der Waals surface area contributed by atoms with Crippen molar-refractivity contribution >= 4 is 5.91 Å². The largest absolute Gasteiger partial charge is 0.457 e. The van der Waals surface area contributed by atoms with E-state index in [0.717, 1.165) is 43.0 Å². The summed E-state index contributed by atoms with van der Waals surface area (Å²) in [6.07, 6.45) is 10.5. The van der Waals surface area contributed by atoms with Gasteiger partial charge in [0, 0.05) is 60.0 Å². The van der Waals surface area contributed by atoms with E-state index in [1.165, 1.54) is 12.1 Å². The van der Waals surface area contributed by atoms with Crippen molar-refractivity contribution in [2.75, 3.05) is 0 Å². The van der Waals surface area contributed by atoms with E-state index >= 15 is 0 Å². The van der Waals surface area contributed by atoms with Crippen molar-refractivity contribution in [3.05, 3.63) is 102 Å². The molecule has 0 aliphatic rings. The molecule has 2 aromatic carbocycles. The molecule has 0 aliphatic heterocycles. The Labute approximate surface area is 222 Å². The number of hydrogen-bond acceptors (Lipinski definition) is 3. The molecule has 198 valence electrons. The fourth-order valence-corrected chi connectivity index (χ4v) is 4.62. The lowest BCUT2D eigenvalue weighted by atomic mass is 10.1. The molecule has 2 aromatic heterocycles. The van der Waals surface area contributed by atoms with Crippen LogP contribution in [0.5, 0.6) is 11.5 Å². The second-order valence-electron chi connectivity index (χ2n) is 9.45. The van der Waals surface area contributed by atoms with Gasteiger partial charge in [-0.2, -0.15) is 0 Å². The first-order chi connectivity index (χ1) is 18.4. The normalized spacial score (nSPS) is 11.1. The number of nitrogens with zero attached hydrogens (tertiary/aromatic N) is 2. The Morgan fingerprint density at radius 3 is 2.47 bits per heavy atom. The van der Waals surface area contributed by atoms with Crippen molar-refractivity contribution in [1.29, 1.82) is 0 Å². The Morgan fingerprint density at radius 2 is 1.76 bits per heavy atom. The maximum absolute atomic E-state index is 13.5. The molecule has 2 heterocycles. The lowest BCUT2D eigenvalue weighted by Gasteiger charge is -2.17. The highest BCUT2D eigenvalue weighted by Crippen LogP contribution is 2.30. The zero-order valence-electron chi connectivity index (χ0n) is 22.0. The van der Waals surface area contributed by atoms with E-state index in [2.05, 4.69) is 47.2 Å². The summed E-state index contributed by atoms with van der Waals surface area (Å²) in [7, 11) is 0. The number of halogens is 2. The Bertz CT molecular complexity index is 1370. The van der Waals surface area contributed by atoms with Crippen molar-refractivity contribution in [3.63, 3.8) is 0 Å². The van der Waals surface area contributed by atoms with Crippen LogP contribution in [0.4, 0.5) is 8.78 Å². The second kappa shape index (κ2) is 12.5. The Hall–Kier alpha value is -4.00. The maximum atomic E-state index is 13.5. The average molecular weight is 518 g/mol. The van der Waals surface area contributed by atoms with E-state index in [1.807, 2.05) is 6.07 Å². The third-order valence-corrected chi connectivity index (χ3v) is 6.54. The number of nitrogens with one attached hydrogen (secondary N) is 1. The van der Waals surface area contributed by atoms with Crippen LogP contribution in [-0.2, 0) is 6.54 Å². The molecule has 4 rings (SSSR count). The van der Waals surface area contributed by atoms with Gasteiger partial charge < -0.3 is 14.6 Å². The zero-order chi connectivity index (χ0) is 27.1. The van der Waals surface area contributed by atoms with Crippen LogP contribution < -0.4 is 10.1 Å². The first kappa shape index (κ1) is 27.0. The van der Waals surface area contributed by atoms with Crippen molar-refractivity contribution in [1.82, 2.24) is 14.9 Å². The molecule has 7 heteroatoms. The minimum absolute atomic E-state index is 0.00275. The van der Waals surface area contributed by atoms with Gasteiger partial charge in [-0.25, -0.2) is 8.78 Å². The Kier molecular flexibility index (Phi) is 8.89. The number of benzene rings is 2. The Morgan fingerprint density at radius 1 is 1.03 bits per heavy atom. The van der Waals surface area contributed by atoms with Crippen LogP contribution >= 0.6 is 0 Å². The predicted molar refractivity (Wildman–Crippen MR) is 145 cm³/mol. The highest BCUT2D eigenvalue weighted by Gasteiger charge is 2.15. The summed E-state index contributed by atoms with van der Waals surface area (Å²) < 4.78 is 35.4. The molecule has 0 fully saturated rings. The standard InChI is InChI=1S/C31H33F2N3O2/c1-4-7-26(8-5-2)36-14-12-23(20-36)29-18-27(11-13-34-29)38-30-10-6-9-28(21(30)3)31(37)35-19-22-15-24(32)17-25(33)16-22/h6,9-18,20,26H,4-5,7-8,19H2,1-3H3,(H,35,37). The SMILES string of the molecule is CCCC(CCC)n1ccc(-c2cc(Oc3cccc(C(=O)NCc4cc(F)cc(F)c4)c3C)ccn2)c1. The molecule has 0 unspecified atom stereocenters. The number of pyridine rings is 1. The second-order valence-corrected chi connectivity index (χ2v) is 9.45. The summed E-state index contributed by atoms with van der Waals surface area (Å²) >= 11 is 0. The van der Waals surface area contributed by atoms with Gasteiger partial charge in [0.2, 0.25) is 0 Å². The van der Waals surface area contributed by atoms with Crippen LogP contribution in [0, 0.1) is 18.6 Å². The summed E-state index contributed by atoms with van der Waals surface area (Å²) in [5, 5.41) is 2.72. The predicted octanol–water partition coefficient (Wildman–Crippen LogP) is 8.00. The molecule has 1 amide bonds. The van der Waals surface area contributed by atoms with Crippen LogP contribution in [0.3, 0.4) is 0 Å². The van der Waals surface area contributed by atoms with Crippen molar-refractivity contribution in [3.8, 4) is 22.8 Å². The number of aromatic nitrogens is 2. The molecule has 5 nitrogen and oxygen atoms in total. The van der Waals surface area contributed by atoms with E-state index in [1.54, 1.807) is 37.4 Å². The van der Waals surface area contributed by atoms with Crippen LogP contribution in [0.25, 0.3) is 11.3 Å². The highest BCUT2D eigenvalue weighted by molar-refractivity contribution is 5.96. The monoisotopic (exact) mass is 517 g/mol. The lowest BCUT2D eigenvalue weighted by Crippen LogP contribution is -2.23. The number of amides is 1. The van der Waals surface area contributed by atoms with Gasteiger partial charge in [-0.15, -0.1) is 0 Å². The minimum atomic E-state index is -0.684. The van der Waals surface area contributed by atoms with Gasteiger partial charge in [0.25, 0.3) is 5.91 Å². The molecular formula is C31H33F2N3O2. The van der Waals surface area contributed by atoms with Gasteiger partial charge >= 0.3 is 0 Å². The van der Waals surface area contributed by atoms with Gasteiger partial charge in [0.1, 0.15) is 23.1 Å². The smallest absolute Gasteiger partial charge is 0.251 e. The molecule has 0 aliphatic carbocycles. The molecule has 38 heavy (non-hydrogen) atoms. The molecule has 0 saturated heterocycles. The van der Waals surface area contributed by atoms with Crippen molar-refractivity contribution in [2.24, 2.45) is 0 Å². The van der Waals surface area contributed by atoms with Gasteiger partial charge in [-0.3, -0.25) is 9.78 Å². The number of carbonyl (C=O) groups excluding carboxylic acids is 1. The molecule has 0 saturated carbocycles. The van der Waals surface area contributed by atoms with Gasteiger partial charge in [0.05, 0.1) is 5.69 Å².